The number of aromatic nitrogens is 2. The van der Waals surface area contributed by atoms with Crippen molar-refractivity contribution in [2.24, 2.45) is 0 Å². The maximum absolute atomic E-state index is 2.44. The van der Waals surface area contributed by atoms with Gasteiger partial charge in [0.2, 0.25) is 0 Å². The van der Waals surface area contributed by atoms with E-state index < -0.39 is 0 Å². The Labute approximate surface area is 296 Å². The van der Waals surface area contributed by atoms with Gasteiger partial charge in [0.1, 0.15) is 0 Å². The van der Waals surface area contributed by atoms with Gasteiger partial charge in [0.15, 0.2) is 0 Å². The quantitative estimate of drug-likeness (QED) is 0.180. The summed E-state index contributed by atoms with van der Waals surface area (Å²) in [6.45, 7) is 0. The molecule has 0 radical (unpaired) electrons. The topological polar surface area (TPSA) is 9.86 Å². The predicted octanol–water partition coefficient (Wildman–Crippen LogP) is 12.8. The minimum atomic E-state index is 0.975. The molecule has 51 heavy (non-hydrogen) atoms. The second-order valence-electron chi connectivity index (χ2n) is 13.7. The number of hydrogen-bond donors (Lipinski definition) is 0. The van der Waals surface area contributed by atoms with Crippen LogP contribution < -0.4 is 0 Å². The zero-order chi connectivity index (χ0) is 33.5. The summed E-state index contributed by atoms with van der Waals surface area (Å²) >= 11 is 0. The standard InChI is InChI=1S/C49H32N2/c1-2-12-36(13-3-1)50-47-20-9-7-16-42(47)45-29-33(24-28-48(45)50)32-21-25-37(26-22-32)51-46-19-8-6-15-41(46)43-27-23-35(31-49(43)51)39-17-10-18-40-38-14-5-4-11-34(38)30-44(39)40/h1-29,31H,30H2. The lowest BCUT2D eigenvalue weighted by atomic mass is 9.95. The van der Waals surface area contributed by atoms with Crippen LogP contribution >= 0.6 is 0 Å². The second kappa shape index (κ2) is 10.9. The first-order chi connectivity index (χ1) is 25.3. The molecule has 0 N–H and O–H groups in total. The van der Waals surface area contributed by atoms with E-state index in [1.54, 1.807) is 0 Å². The molecule has 238 valence electrons. The highest BCUT2D eigenvalue weighted by Crippen LogP contribution is 2.43. The van der Waals surface area contributed by atoms with Crippen molar-refractivity contribution < 1.29 is 0 Å². The molecule has 0 spiro atoms. The third-order valence-electron chi connectivity index (χ3n) is 11.0. The van der Waals surface area contributed by atoms with Crippen molar-refractivity contribution in [3.63, 3.8) is 0 Å². The van der Waals surface area contributed by atoms with E-state index >= 15 is 0 Å². The summed E-state index contributed by atoms with van der Waals surface area (Å²) in [5, 5.41) is 5.08. The molecule has 8 aromatic carbocycles. The van der Waals surface area contributed by atoms with Crippen LogP contribution in [0.3, 0.4) is 0 Å². The lowest BCUT2D eigenvalue weighted by Gasteiger charge is -2.12. The van der Waals surface area contributed by atoms with Crippen LogP contribution in [0.15, 0.2) is 182 Å². The zero-order valence-corrected chi connectivity index (χ0v) is 27.9. The average molecular weight is 649 g/mol. The Morgan fingerprint density at radius 2 is 0.882 bits per heavy atom. The van der Waals surface area contributed by atoms with Gasteiger partial charge in [-0.05, 0) is 106 Å². The van der Waals surface area contributed by atoms with Crippen LogP contribution in [0.4, 0.5) is 0 Å². The molecule has 2 heterocycles. The molecular formula is C49H32N2. The first-order valence-corrected chi connectivity index (χ1v) is 17.7. The molecule has 1 aliphatic carbocycles. The summed E-state index contributed by atoms with van der Waals surface area (Å²) in [5.41, 5.74) is 17.8. The van der Waals surface area contributed by atoms with Gasteiger partial charge >= 0.3 is 0 Å². The largest absolute Gasteiger partial charge is 0.309 e. The third kappa shape index (κ3) is 4.23. The maximum atomic E-state index is 2.44. The van der Waals surface area contributed by atoms with E-state index in [9.17, 15) is 0 Å². The predicted molar refractivity (Wildman–Crippen MR) is 214 cm³/mol. The fourth-order valence-corrected chi connectivity index (χ4v) is 8.65. The van der Waals surface area contributed by atoms with E-state index in [1.807, 2.05) is 0 Å². The Bertz CT molecular complexity index is 2980. The van der Waals surface area contributed by atoms with E-state index in [1.165, 1.54) is 93.8 Å². The van der Waals surface area contributed by atoms with Crippen LogP contribution in [0.2, 0.25) is 0 Å². The van der Waals surface area contributed by atoms with E-state index in [0.29, 0.717) is 0 Å². The number of rotatable bonds is 4. The number of hydrogen-bond acceptors (Lipinski definition) is 0. The van der Waals surface area contributed by atoms with Crippen molar-refractivity contribution in [3.05, 3.63) is 193 Å². The number of para-hydroxylation sites is 3. The molecule has 2 heteroatoms. The van der Waals surface area contributed by atoms with Crippen molar-refractivity contribution in [1.82, 2.24) is 9.13 Å². The van der Waals surface area contributed by atoms with Crippen molar-refractivity contribution in [3.8, 4) is 44.8 Å². The third-order valence-corrected chi connectivity index (χ3v) is 11.0. The molecule has 1 aliphatic rings. The second-order valence-corrected chi connectivity index (χ2v) is 13.7. The van der Waals surface area contributed by atoms with Crippen LogP contribution in [0.1, 0.15) is 11.1 Å². The van der Waals surface area contributed by atoms with Gasteiger partial charge in [-0.3, -0.25) is 0 Å². The molecule has 2 nitrogen and oxygen atoms in total. The van der Waals surface area contributed by atoms with E-state index in [4.69, 9.17) is 0 Å². The van der Waals surface area contributed by atoms with Crippen molar-refractivity contribution >= 4 is 43.6 Å². The highest BCUT2D eigenvalue weighted by atomic mass is 15.0. The zero-order valence-electron chi connectivity index (χ0n) is 27.9. The lowest BCUT2D eigenvalue weighted by molar-refractivity contribution is 1.18. The first kappa shape index (κ1) is 28.2. The summed E-state index contributed by atoms with van der Waals surface area (Å²) in [5.74, 6) is 0. The van der Waals surface area contributed by atoms with Crippen LogP contribution in [0.5, 0.6) is 0 Å². The first-order valence-electron chi connectivity index (χ1n) is 17.7. The van der Waals surface area contributed by atoms with E-state index in [0.717, 1.165) is 12.1 Å². The SMILES string of the molecule is c1ccc(-n2c3ccccc3c3cc(-c4ccc(-n5c6ccccc6c6ccc(-c7cccc8c7Cc7ccccc7-8)cc65)cc4)ccc32)cc1. The molecule has 0 aliphatic heterocycles. The highest BCUT2D eigenvalue weighted by molar-refractivity contribution is 6.11. The highest BCUT2D eigenvalue weighted by Gasteiger charge is 2.22. The van der Waals surface area contributed by atoms with Gasteiger partial charge in [-0.2, -0.15) is 0 Å². The minimum absolute atomic E-state index is 0.975. The van der Waals surface area contributed by atoms with Crippen LogP contribution in [-0.4, -0.2) is 9.13 Å². The summed E-state index contributed by atoms with van der Waals surface area (Å²) in [7, 11) is 0. The maximum Gasteiger partial charge on any atom is 0.0547 e. The molecule has 0 bridgehead atoms. The molecule has 2 aromatic heterocycles. The number of benzene rings is 8. The fraction of sp³-hybridized carbons (Fsp3) is 0.0204. The van der Waals surface area contributed by atoms with Gasteiger partial charge in [0.05, 0.1) is 22.1 Å². The average Bonchev–Trinajstić information content (AvgIpc) is 3.85. The summed E-state index contributed by atoms with van der Waals surface area (Å²) in [6, 6.07) is 66.8. The van der Waals surface area contributed by atoms with Crippen molar-refractivity contribution in [2.75, 3.05) is 0 Å². The Morgan fingerprint density at radius 1 is 0.314 bits per heavy atom. The molecule has 11 rings (SSSR count). The van der Waals surface area contributed by atoms with Gasteiger partial charge in [0, 0.05) is 32.9 Å². The fourth-order valence-electron chi connectivity index (χ4n) is 8.65. The van der Waals surface area contributed by atoms with Crippen LogP contribution in [0.25, 0.3) is 88.4 Å². The van der Waals surface area contributed by atoms with Crippen LogP contribution in [0, 0.1) is 0 Å². The van der Waals surface area contributed by atoms with Gasteiger partial charge in [0.25, 0.3) is 0 Å². The van der Waals surface area contributed by atoms with Gasteiger partial charge < -0.3 is 9.13 Å². The molecule has 0 fully saturated rings. The van der Waals surface area contributed by atoms with E-state index in [2.05, 4.69) is 191 Å². The Morgan fingerprint density at radius 3 is 1.71 bits per heavy atom. The summed E-state index contributed by atoms with van der Waals surface area (Å²) in [4.78, 5) is 0. The van der Waals surface area contributed by atoms with E-state index in [-0.39, 0.29) is 0 Å². The molecule has 0 saturated heterocycles. The number of nitrogens with zero attached hydrogens (tertiary/aromatic N) is 2. The van der Waals surface area contributed by atoms with Gasteiger partial charge in [-0.25, -0.2) is 0 Å². The molecule has 0 amide bonds. The molecular weight excluding hydrogens is 617 g/mol. The Kier molecular flexibility index (Phi) is 6.05. The number of fused-ring (bicyclic) bond motifs is 9. The molecule has 10 aromatic rings. The van der Waals surface area contributed by atoms with Crippen molar-refractivity contribution in [2.45, 2.75) is 6.42 Å². The lowest BCUT2D eigenvalue weighted by Crippen LogP contribution is -1.95. The van der Waals surface area contributed by atoms with Gasteiger partial charge in [-0.1, -0.05) is 127 Å². The van der Waals surface area contributed by atoms with Crippen molar-refractivity contribution in [1.29, 1.82) is 0 Å². The Hall–Kier alpha value is -6.64. The monoisotopic (exact) mass is 648 g/mol. The Balaban J connectivity index is 1.03. The van der Waals surface area contributed by atoms with Crippen LogP contribution in [-0.2, 0) is 6.42 Å². The summed E-state index contributed by atoms with van der Waals surface area (Å²) < 4.78 is 4.81. The smallest absolute Gasteiger partial charge is 0.0547 e. The molecule has 0 saturated carbocycles. The van der Waals surface area contributed by atoms with Gasteiger partial charge in [-0.15, -0.1) is 0 Å². The summed E-state index contributed by atoms with van der Waals surface area (Å²) in [6.07, 6.45) is 0.975. The molecule has 0 atom stereocenters. The minimum Gasteiger partial charge on any atom is -0.309 e. The normalized spacial score (nSPS) is 12.2. The molecule has 0 unspecified atom stereocenters.